The van der Waals surface area contributed by atoms with Crippen molar-refractivity contribution in [3.05, 3.63) is 130 Å². The Bertz CT molecular complexity index is 2540. The number of aromatic nitrogens is 4. The standard InChI is InChI=1S/C40H21N9/c1-23-46-24(2)48-40(47-23)36-15-25(18-41)3-8-37(36)49-38-16-30(32-11-26(19-42)9-27(12-32)20-43)4-6-34(38)35-7-5-31(17-39(35)49)33-13-28(21-44)10-29(14-33)22-45/h3-17H,1-2H3. The van der Waals surface area contributed by atoms with Crippen molar-refractivity contribution in [1.29, 1.82) is 26.3 Å². The number of nitriles is 5. The Balaban J connectivity index is 1.59. The molecule has 0 spiro atoms. The van der Waals surface area contributed by atoms with Crippen molar-refractivity contribution in [2.75, 3.05) is 0 Å². The molecular weight excluding hydrogens is 607 g/mol. The van der Waals surface area contributed by atoms with Crippen LogP contribution in [0.1, 0.15) is 39.5 Å². The first-order valence-electron chi connectivity index (χ1n) is 15.1. The summed E-state index contributed by atoms with van der Waals surface area (Å²) in [6, 6.07) is 38.3. The van der Waals surface area contributed by atoms with Crippen molar-refractivity contribution in [1.82, 2.24) is 19.5 Å². The molecule has 0 aliphatic carbocycles. The molecule has 0 atom stereocenters. The molecule has 7 rings (SSSR count). The molecule has 49 heavy (non-hydrogen) atoms. The van der Waals surface area contributed by atoms with E-state index in [1.54, 1.807) is 62.4 Å². The number of benzene rings is 5. The van der Waals surface area contributed by atoms with Gasteiger partial charge in [0.15, 0.2) is 5.82 Å². The smallest absolute Gasteiger partial charge is 0.165 e. The van der Waals surface area contributed by atoms with E-state index >= 15 is 0 Å². The maximum absolute atomic E-state index is 9.88. The van der Waals surface area contributed by atoms with Gasteiger partial charge in [0.05, 0.1) is 74.9 Å². The third-order valence-electron chi connectivity index (χ3n) is 8.28. The molecule has 9 heteroatoms. The van der Waals surface area contributed by atoms with E-state index in [1.807, 2.05) is 42.5 Å². The molecule has 5 aromatic carbocycles. The molecule has 0 aliphatic heterocycles. The number of aryl methyl sites for hydroxylation is 2. The minimum atomic E-state index is 0.380. The molecule has 0 amide bonds. The molecule has 0 saturated heterocycles. The number of nitrogens with zero attached hydrogens (tertiary/aromatic N) is 9. The van der Waals surface area contributed by atoms with Gasteiger partial charge in [-0.15, -0.1) is 0 Å². The van der Waals surface area contributed by atoms with Gasteiger partial charge in [0, 0.05) is 16.3 Å². The third kappa shape index (κ3) is 5.35. The fourth-order valence-corrected chi connectivity index (χ4v) is 6.20. The lowest BCUT2D eigenvalue weighted by Crippen LogP contribution is -2.04. The van der Waals surface area contributed by atoms with Crippen molar-refractivity contribution in [2.45, 2.75) is 13.8 Å². The largest absolute Gasteiger partial charge is 0.308 e. The zero-order valence-electron chi connectivity index (χ0n) is 26.2. The summed E-state index contributed by atoms with van der Waals surface area (Å²) in [5.41, 5.74) is 7.97. The summed E-state index contributed by atoms with van der Waals surface area (Å²) in [6.45, 7) is 3.58. The fraction of sp³-hybridized carbons (Fsp3) is 0.0500. The van der Waals surface area contributed by atoms with Crippen molar-refractivity contribution >= 4 is 21.8 Å². The zero-order valence-corrected chi connectivity index (χ0v) is 26.2. The van der Waals surface area contributed by atoms with Gasteiger partial charge < -0.3 is 4.57 Å². The van der Waals surface area contributed by atoms with Crippen molar-refractivity contribution in [2.24, 2.45) is 0 Å². The van der Waals surface area contributed by atoms with Crippen LogP contribution in [0, 0.1) is 70.5 Å². The van der Waals surface area contributed by atoms with Crippen LogP contribution in [0.15, 0.2) is 91.0 Å². The SMILES string of the molecule is Cc1nc(C)nc(-c2cc(C#N)ccc2-n2c3cc(-c4cc(C#N)cc(C#N)c4)ccc3c3ccc(-c4cc(C#N)cc(C#N)c4)cc32)n1. The first kappa shape index (κ1) is 30.0. The summed E-state index contributed by atoms with van der Waals surface area (Å²) in [4.78, 5) is 13.7. The van der Waals surface area contributed by atoms with Gasteiger partial charge in [-0.25, -0.2) is 15.0 Å². The second-order valence-electron chi connectivity index (χ2n) is 11.4. The van der Waals surface area contributed by atoms with E-state index in [4.69, 9.17) is 0 Å². The van der Waals surface area contributed by atoms with E-state index in [0.717, 1.165) is 44.1 Å². The van der Waals surface area contributed by atoms with Crippen LogP contribution in [0.3, 0.4) is 0 Å². The Morgan fingerprint density at radius 3 is 1.33 bits per heavy atom. The molecule has 0 radical (unpaired) electrons. The summed E-state index contributed by atoms with van der Waals surface area (Å²) < 4.78 is 2.08. The predicted molar refractivity (Wildman–Crippen MR) is 184 cm³/mol. The molecule has 0 unspecified atom stereocenters. The lowest BCUT2D eigenvalue weighted by Gasteiger charge is -2.15. The number of hydrogen-bond donors (Lipinski definition) is 0. The van der Waals surface area contributed by atoms with E-state index in [1.165, 1.54) is 0 Å². The zero-order chi connectivity index (χ0) is 34.2. The lowest BCUT2D eigenvalue weighted by atomic mass is 9.98. The summed E-state index contributed by atoms with van der Waals surface area (Å²) >= 11 is 0. The molecule has 226 valence electrons. The fourth-order valence-electron chi connectivity index (χ4n) is 6.20. The Hall–Kier alpha value is -7.64. The summed E-state index contributed by atoms with van der Waals surface area (Å²) in [7, 11) is 0. The van der Waals surface area contributed by atoms with Gasteiger partial charge in [0.1, 0.15) is 11.6 Å². The molecule has 0 N–H and O–H groups in total. The predicted octanol–water partition coefficient (Wildman–Crippen LogP) is 7.94. The minimum absolute atomic E-state index is 0.380. The number of hydrogen-bond acceptors (Lipinski definition) is 8. The highest BCUT2D eigenvalue weighted by molar-refractivity contribution is 6.11. The molecule has 0 aliphatic rings. The molecule has 2 aromatic heterocycles. The third-order valence-corrected chi connectivity index (χ3v) is 8.28. The molecule has 0 fully saturated rings. The highest BCUT2D eigenvalue weighted by Crippen LogP contribution is 2.39. The van der Waals surface area contributed by atoms with E-state index < -0.39 is 0 Å². The maximum atomic E-state index is 9.88. The van der Waals surface area contributed by atoms with Gasteiger partial charge in [-0.1, -0.05) is 24.3 Å². The Kier molecular flexibility index (Phi) is 7.32. The molecule has 0 bridgehead atoms. The Labute approximate surface area is 281 Å². The minimum Gasteiger partial charge on any atom is -0.308 e. The first-order chi connectivity index (χ1) is 23.8. The van der Waals surface area contributed by atoms with Gasteiger partial charge in [-0.05, 0) is 103 Å². The highest BCUT2D eigenvalue weighted by Gasteiger charge is 2.20. The molecule has 0 saturated carbocycles. The Morgan fingerprint density at radius 2 is 0.898 bits per heavy atom. The number of fused-ring (bicyclic) bond motifs is 3. The monoisotopic (exact) mass is 627 g/mol. The second-order valence-corrected chi connectivity index (χ2v) is 11.4. The Morgan fingerprint density at radius 1 is 0.449 bits per heavy atom. The van der Waals surface area contributed by atoms with Gasteiger partial charge >= 0.3 is 0 Å². The van der Waals surface area contributed by atoms with Crippen LogP contribution in [0.4, 0.5) is 0 Å². The summed E-state index contributed by atoms with van der Waals surface area (Å²) in [5, 5.41) is 50.4. The van der Waals surface area contributed by atoms with Crippen molar-refractivity contribution in [3.8, 4) is 69.7 Å². The van der Waals surface area contributed by atoms with Gasteiger partial charge in [-0.2, -0.15) is 26.3 Å². The average molecular weight is 628 g/mol. The maximum Gasteiger partial charge on any atom is 0.165 e. The van der Waals surface area contributed by atoms with Crippen LogP contribution in [-0.2, 0) is 0 Å². The van der Waals surface area contributed by atoms with E-state index in [-0.39, 0.29) is 0 Å². The van der Waals surface area contributed by atoms with Crippen LogP contribution in [-0.4, -0.2) is 19.5 Å². The van der Waals surface area contributed by atoms with Crippen LogP contribution >= 0.6 is 0 Å². The van der Waals surface area contributed by atoms with E-state index in [2.05, 4.69) is 49.9 Å². The van der Waals surface area contributed by atoms with Crippen LogP contribution in [0.25, 0.3) is 61.1 Å². The van der Waals surface area contributed by atoms with Crippen LogP contribution < -0.4 is 0 Å². The summed E-state index contributed by atoms with van der Waals surface area (Å²) in [5.74, 6) is 1.50. The molecule has 7 aromatic rings. The first-order valence-corrected chi connectivity index (χ1v) is 15.1. The molecule has 9 nitrogen and oxygen atoms in total. The molecule has 2 heterocycles. The number of rotatable bonds is 4. The summed E-state index contributed by atoms with van der Waals surface area (Å²) in [6.07, 6.45) is 0. The normalized spacial score (nSPS) is 10.6. The molecular formula is C40H21N9. The van der Waals surface area contributed by atoms with E-state index in [0.29, 0.717) is 56.5 Å². The van der Waals surface area contributed by atoms with Crippen LogP contribution in [0.2, 0.25) is 0 Å². The topological polar surface area (TPSA) is 163 Å². The van der Waals surface area contributed by atoms with Gasteiger partial charge in [0.25, 0.3) is 0 Å². The van der Waals surface area contributed by atoms with Crippen molar-refractivity contribution in [3.63, 3.8) is 0 Å². The van der Waals surface area contributed by atoms with Crippen molar-refractivity contribution < 1.29 is 0 Å². The van der Waals surface area contributed by atoms with Gasteiger partial charge in [0.2, 0.25) is 0 Å². The lowest BCUT2D eigenvalue weighted by molar-refractivity contribution is 0.926. The van der Waals surface area contributed by atoms with E-state index in [9.17, 15) is 26.3 Å². The quantitative estimate of drug-likeness (QED) is 0.190. The van der Waals surface area contributed by atoms with Crippen LogP contribution in [0.5, 0.6) is 0 Å². The average Bonchev–Trinajstić information content (AvgIpc) is 3.46. The second kappa shape index (κ2) is 11.9. The highest BCUT2D eigenvalue weighted by atomic mass is 15.0. The van der Waals surface area contributed by atoms with Gasteiger partial charge in [-0.3, -0.25) is 0 Å².